The number of aromatic nitrogens is 2. The molecular weight excluding hydrogens is 270 g/mol. The molecule has 1 aromatic heterocycles. The first-order valence-electron chi connectivity index (χ1n) is 7.08. The molecule has 0 aliphatic rings. The van der Waals surface area contributed by atoms with Gasteiger partial charge in [-0.05, 0) is 49.2 Å². The van der Waals surface area contributed by atoms with Crippen LogP contribution in [0.5, 0.6) is 0 Å². The van der Waals surface area contributed by atoms with E-state index in [2.05, 4.69) is 42.5 Å². The minimum atomic E-state index is 0.253. The molecule has 0 saturated carbocycles. The van der Waals surface area contributed by atoms with Gasteiger partial charge in [-0.25, -0.2) is 0 Å². The van der Waals surface area contributed by atoms with E-state index in [0.29, 0.717) is 0 Å². The van der Waals surface area contributed by atoms with Crippen molar-refractivity contribution in [2.75, 3.05) is 6.54 Å². The van der Waals surface area contributed by atoms with Crippen LogP contribution in [0.25, 0.3) is 0 Å². The molecule has 3 nitrogen and oxygen atoms in total. The van der Waals surface area contributed by atoms with Gasteiger partial charge in [-0.15, -0.1) is 0 Å². The van der Waals surface area contributed by atoms with E-state index in [-0.39, 0.29) is 6.04 Å². The summed E-state index contributed by atoms with van der Waals surface area (Å²) in [5, 5.41) is 8.87. The molecule has 4 heteroatoms. The molecule has 1 unspecified atom stereocenters. The standard InChI is InChI=1S/C16H22ClN3/c1-4-8-18-16(11-14-7-9-20(3)19-14)15-10-13(17)6-5-12(15)2/h5-7,9-10,16,18H,4,8,11H2,1-3H3. The Labute approximate surface area is 126 Å². The first kappa shape index (κ1) is 15.1. The van der Waals surface area contributed by atoms with Crippen LogP contribution in [0, 0.1) is 6.92 Å². The minimum absolute atomic E-state index is 0.253. The van der Waals surface area contributed by atoms with E-state index >= 15 is 0 Å². The number of benzene rings is 1. The van der Waals surface area contributed by atoms with Crippen LogP contribution >= 0.6 is 11.6 Å². The van der Waals surface area contributed by atoms with Crippen molar-refractivity contribution in [3.05, 3.63) is 52.3 Å². The van der Waals surface area contributed by atoms with Crippen LogP contribution in [-0.4, -0.2) is 16.3 Å². The molecule has 108 valence electrons. The highest BCUT2D eigenvalue weighted by molar-refractivity contribution is 6.30. The van der Waals surface area contributed by atoms with E-state index in [0.717, 1.165) is 30.1 Å². The number of nitrogens with zero attached hydrogens (tertiary/aromatic N) is 2. The molecule has 0 aliphatic carbocycles. The Hall–Kier alpha value is -1.32. The number of hydrogen-bond acceptors (Lipinski definition) is 2. The monoisotopic (exact) mass is 291 g/mol. The third-order valence-electron chi connectivity index (χ3n) is 3.44. The summed E-state index contributed by atoms with van der Waals surface area (Å²) in [6, 6.07) is 8.41. The molecule has 2 rings (SSSR count). The maximum atomic E-state index is 6.15. The van der Waals surface area contributed by atoms with Crippen molar-refractivity contribution in [1.82, 2.24) is 15.1 Å². The van der Waals surface area contributed by atoms with Crippen molar-refractivity contribution in [2.45, 2.75) is 32.7 Å². The first-order valence-corrected chi connectivity index (χ1v) is 7.46. The number of hydrogen-bond donors (Lipinski definition) is 1. The minimum Gasteiger partial charge on any atom is -0.310 e. The van der Waals surface area contributed by atoms with Gasteiger partial charge in [-0.1, -0.05) is 24.6 Å². The normalized spacial score (nSPS) is 12.6. The van der Waals surface area contributed by atoms with Crippen molar-refractivity contribution in [2.24, 2.45) is 7.05 Å². The van der Waals surface area contributed by atoms with Gasteiger partial charge in [-0.2, -0.15) is 5.10 Å². The molecule has 20 heavy (non-hydrogen) atoms. The van der Waals surface area contributed by atoms with Gasteiger partial charge in [0.25, 0.3) is 0 Å². The Kier molecular flexibility index (Phi) is 5.21. The topological polar surface area (TPSA) is 29.9 Å². The molecule has 0 aliphatic heterocycles. The lowest BCUT2D eigenvalue weighted by molar-refractivity contribution is 0.519. The van der Waals surface area contributed by atoms with E-state index in [4.69, 9.17) is 11.6 Å². The summed E-state index contributed by atoms with van der Waals surface area (Å²) >= 11 is 6.15. The molecule has 0 bridgehead atoms. The fourth-order valence-corrected chi connectivity index (χ4v) is 2.56. The van der Waals surface area contributed by atoms with Gasteiger partial charge in [0.15, 0.2) is 0 Å². The van der Waals surface area contributed by atoms with Crippen molar-refractivity contribution in [3.63, 3.8) is 0 Å². The Morgan fingerprint density at radius 1 is 1.35 bits per heavy atom. The highest BCUT2D eigenvalue weighted by atomic mass is 35.5. The van der Waals surface area contributed by atoms with Crippen molar-refractivity contribution >= 4 is 11.6 Å². The SMILES string of the molecule is CCCNC(Cc1ccn(C)n1)c1cc(Cl)ccc1C. The average Bonchev–Trinajstić information content (AvgIpc) is 2.83. The number of aryl methyl sites for hydroxylation is 2. The Morgan fingerprint density at radius 3 is 2.80 bits per heavy atom. The quantitative estimate of drug-likeness (QED) is 0.880. The summed E-state index contributed by atoms with van der Waals surface area (Å²) in [5.74, 6) is 0. The smallest absolute Gasteiger partial charge is 0.0643 e. The molecule has 1 heterocycles. The molecular formula is C16H22ClN3. The third-order valence-corrected chi connectivity index (χ3v) is 3.67. The highest BCUT2D eigenvalue weighted by Gasteiger charge is 2.15. The molecule has 2 aromatic rings. The second-order valence-electron chi connectivity index (χ2n) is 5.19. The molecule has 1 atom stereocenters. The molecule has 1 aromatic carbocycles. The van der Waals surface area contributed by atoms with Crippen LogP contribution < -0.4 is 5.32 Å². The zero-order chi connectivity index (χ0) is 14.5. The summed E-state index contributed by atoms with van der Waals surface area (Å²) in [4.78, 5) is 0. The lowest BCUT2D eigenvalue weighted by Crippen LogP contribution is -2.25. The van der Waals surface area contributed by atoms with E-state index in [1.807, 2.05) is 24.0 Å². The number of nitrogens with one attached hydrogen (secondary N) is 1. The van der Waals surface area contributed by atoms with Gasteiger partial charge >= 0.3 is 0 Å². The van der Waals surface area contributed by atoms with E-state index in [1.165, 1.54) is 11.1 Å². The van der Waals surface area contributed by atoms with Crippen LogP contribution in [0.1, 0.15) is 36.2 Å². The summed E-state index contributed by atoms with van der Waals surface area (Å²) in [5.41, 5.74) is 3.62. The second kappa shape index (κ2) is 6.91. The Bertz CT molecular complexity index is 563. The van der Waals surface area contributed by atoms with E-state index in [9.17, 15) is 0 Å². The summed E-state index contributed by atoms with van der Waals surface area (Å²) < 4.78 is 1.84. The molecule has 0 fully saturated rings. The summed E-state index contributed by atoms with van der Waals surface area (Å²) in [7, 11) is 1.95. The van der Waals surface area contributed by atoms with Crippen LogP contribution in [-0.2, 0) is 13.5 Å². The van der Waals surface area contributed by atoms with Crippen molar-refractivity contribution in [1.29, 1.82) is 0 Å². The number of halogens is 1. The van der Waals surface area contributed by atoms with Gasteiger partial charge in [0.05, 0.1) is 5.69 Å². The molecule has 0 amide bonds. The molecule has 0 radical (unpaired) electrons. The maximum Gasteiger partial charge on any atom is 0.0643 e. The predicted molar refractivity (Wildman–Crippen MR) is 84.1 cm³/mol. The Balaban J connectivity index is 2.24. The van der Waals surface area contributed by atoms with E-state index < -0.39 is 0 Å². The largest absolute Gasteiger partial charge is 0.310 e. The zero-order valence-electron chi connectivity index (χ0n) is 12.4. The first-order chi connectivity index (χ1) is 9.60. The van der Waals surface area contributed by atoms with Crippen LogP contribution in [0.2, 0.25) is 5.02 Å². The van der Waals surface area contributed by atoms with E-state index in [1.54, 1.807) is 0 Å². The maximum absolute atomic E-state index is 6.15. The van der Waals surface area contributed by atoms with Gasteiger partial charge in [-0.3, -0.25) is 4.68 Å². The highest BCUT2D eigenvalue weighted by Crippen LogP contribution is 2.24. The van der Waals surface area contributed by atoms with Crippen molar-refractivity contribution in [3.8, 4) is 0 Å². The fraction of sp³-hybridized carbons (Fsp3) is 0.438. The van der Waals surface area contributed by atoms with Crippen molar-refractivity contribution < 1.29 is 0 Å². The summed E-state index contributed by atoms with van der Waals surface area (Å²) in [6.07, 6.45) is 3.97. The van der Waals surface area contributed by atoms with Crippen LogP contribution in [0.4, 0.5) is 0 Å². The Morgan fingerprint density at radius 2 is 2.15 bits per heavy atom. The third kappa shape index (κ3) is 3.84. The lowest BCUT2D eigenvalue weighted by Gasteiger charge is -2.20. The predicted octanol–water partition coefficient (Wildman–Crippen LogP) is 3.67. The van der Waals surface area contributed by atoms with Gasteiger partial charge in [0.1, 0.15) is 0 Å². The molecule has 0 spiro atoms. The van der Waals surface area contributed by atoms with Gasteiger partial charge in [0, 0.05) is 30.7 Å². The fourth-order valence-electron chi connectivity index (χ4n) is 2.38. The van der Waals surface area contributed by atoms with Gasteiger partial charge in [0.2, 0.25) is 0 Å². The zero-order valence-corrected chi connectivity index (χ0v) is 13.1. The van der Waals surface area contributed by atoms with Crippen LogP contribution in [0.15, 0.2) is 30.5 Å². The van der Waals surface area contributed by atoms with Gasteiger partial charge < -0.3 is 5.32 Å². The second-order valence-corrected chi connectivity index (χ2v) is 5.63. The lowest BCUT2D eigenvalue weighted by atomic mass is 9.97. The average molecular weight is 292 g/mol. The summed E-state index contributed by atoms with van der Waals surface area (Å²) in [6.45, 7) is 5.30. The number of rotatable bonds is 6. The van der Waals surface area contributed by atoms with Crippen LogP contribution in [0.3, 0.4) is 0 Å². The molecule has 1 N–H and O–H groups in total. The molecule has 0 saturated heterocycles.